The molecule has 0 aromatic heterocycles. The molecule has 2 aliphatic rings. The molecule has 6 heteroatoms. The fourth-order valence-corrected chi connectivity index (χ4v) is 3.38. The monoisotopic (exact) mass is 324 g/mol. The zero-order valence-corrected chi connectivity index (χ0v) is 13.6. The first-order valence-electron chi connectivity index (χ1n) is 7.78. The first-order chi connectivity index (χ1) is 10.2. The van der Waals surface area contributed by atoms with E-state index in [1.807, 2.05) is 12.1 Å². The summed E-state index contributed by atoms with van der Waals surface area (Å²) in [7, 11) is 0. The lowest BCUT2D eigenvalue weighted by atomic mass is 10.1. The van der Waals surface area contributed by atoms with Crippen LogP contribution in [0.3, 0.4) is 0 Å². The van der Waals surface area contributed by atoms with E-state index < -0.39 is 0 Å². The summed E-state index contributed by atoms with van der Waals surface area (Å²) in [5.74, 6) is -0.350. The first kappa shape index (κ1) is 17.2. The fourth-order valence-electron chi connectivity index (χ4n) is 3.38. The highest BCUT2D eigenvalue weighted by molar-refractivity contribution is 5.92. The molecule has 1 atom stereocenters. The number of hydrogen-bond acceptors (Lipinski definition) is 4. The van der Waals surface area contributed by atoms with Gasteiger partial charge < -0.3 is 11.1 Å². The quantitative estimate of drug-likeness (QED) is 0.855. The van der Waals surface area contributed by atoms with Crippen LogP contribution in [0.1, 0.15) is 22.3 Å². The number of carbonyl (C=O) groups excluding carboxylic acids is 1. The molecule has 122 valence electrons. The predicted octanol–water partition coefficient (Wildman–Crippen LogP) is 0.687. The first-order valence-corrected chi connectivity index (χ1v) is 7.78. The number of primary amides is 1. The molecule has 22 heavy (non-hydrogen) atoms. The summed E-state index contributed by atoms with van der Waals surface area (Å²) in [6, 6.07) is 8.37. The average molecular weight is 325 g/mol. The number of piperazine rings is 1. The van der Waals surface area contributed by atoms with Gasteiger partial charge in [-0.3, -0.25) is 14.6 Å². The summed E-state index contributed by atoms with van der Waals surface area (Å²) in [6.45, 7) is 7.71. The minimum Gasteiger partial charge on any atom is -0.366 e. The summed E-state index contributed by atoms with van der Waals surface area (Å²) in [6.07, 6.45) is 1.25. The van der Waals surface area contributed by atoms with Gasteiger partial charge in [0.2, 0.25) is 5.91 Å². The Morgan fingerprint density at radius 1 is 1.27 bits per heavy atom. The molecule has 2 aliphatic heterocycles. The number of rotatable bonds is 4. The Bertz CT molecular complexity index is 505. The molecule has 0 spiro atoms. The third kappa shape index (κ3) is 4.20. The van der Waals surface area contributed by atoms with Crippen molar-refractivity contribution >= 4 is 18.3 Å². The normalized spacial score (nSPS) is 23.2. The number of amides is 1. The molecule has 3 N–H and O–H groups in total. The van der Waals surface area contributed by atoms with E-state index in [-0.39, 0.29) is 18.3 Å². The van der Waals surface area contributed by atoms with Crippen LogP contribution in [0.15, 0.2) is 24.3 Å². The van der Waals surface area contributed by atoms with Crippen LogP contribution in [0, 0.1) is 0 Å². The number of nitrogens with one attached hydrogen (secondary N) is 1. The maximum Gasteiger partial charge on any atom is 0.248 e. The SMILES string of the molecule is Cl.NC(=O)c1cccc(CN2CCC(N3CCNCC3)C2)c1. The lowest BCUT2D eigenvalue weighted by Crippen LogP contribution is -2.49. The molecule has 0 radical (unpaired) electrons. The largest absolute Gasteiger partial charge is 0.366 e. The van der Waals surface area contributed by atoms with E-state index in [1.165, 1.54) is 12.0 Å². The highest BCUT2D eigenvalue weighted by Gasteiger charge is 2.28. The molecule has 1 amide bonds. The Kier molecular flexibility index (Phi) is 6.20. The van der Waals surface area contributed by atoms with Crippen LogP contribution in [0.4, 0.5) is 0 Å². The van der Waals surface area contributed by atoms with Crippen molar-refractivity contribution in [3.05, 3.63) is 35.4 Å². The number of benzene rings is 1. The summed E-state index contributed by atoms with van der Waals surface area (Å²) in [5.41, 5.74) is 7.12. The number of nitrogens with two attached hydrogens (primary N) is 1. The molecule has 1 unspecified atom stereocenters. The molecule has 2 saturated heterocycles. The van der Waals surface area contributed by atoms with Crippen molar-refractivity contribution in [3.8, 4) is 0 Å². The summed E-state index contributed by atoms with van der Waals surface area (Å²) < 4.78 is 0. The zero-order chi connectivity index (χ0) is 14.7. The van der Waals surface area contributed by atoms with Crippen molar-refractivity contribution in [2.45, 2.75) is 19.0 Å². The van der Waals surface area contributed by atoms with E-state index in [0.717, 1.165) is 45.8 Å². The standard InChI is InChI=1S/C16H24N4O.ClH/c17-16(21)14-3-1-2-13(10-14)11-19-7-4-15(12-19)20-8-5-18-6-9-20;/h1-3,10,15,18H,4-9,11-12H2,(H2,17,21);1H. The number of halogens is 1. The molecule has 5 nitrogen and oxygen atoms in total. The Morgan fingerprint density at radius 2 is 2.05 bits per heavy atom. The number of likely N-dealkylation sites (tertiary alicyclic amines) is 1. The van der Waals surface area contributed by atoms with Gasteiger partial charge in [0, 0.05) is 57.4 Å². The van der Waals surface area contributed by atoms with Gasteiger partial charge in [-0.15, -0.1) is 12.4 Å². The molecular formula is C16H25ClN4O. The van der Waals surface area contributed by atoms with Crippen LogP contribution in [0.2, 0.25) is 0 Å². The van der Waals surface area contributed by atoms with Gasteiger partial charge >= 0.3 is 0 Å². The number of carbonyl (C=O) groups is 1. The minimum atomic E-state index is -0.350. The summed E-state index contributed by atoms with van der Waals surface area (Å²) in [5, 5.41) is 3.41. The predicted molar refractivity (Wildman–Crippen MR) is 90.3 cm³/mol. The maximum atomic E-state index is 11.2. The van der Waals surface area contributed by atoms with Crippen LogP contribution in [-0.2, 0) is 6.54 Å². The molecule has 2 heterocycles. The summed E-state index contributed by atoms with van der Waals surface area (Å²) in [4.78, 5) is 16.3. The van der Waals surface area contributed by atoms with Crippen molar-refractivity contribution in [3.63, 3.8) is 0 Å². The zero-order valence-electron chi connectivity index (χ0n) is 12.8. The maximum absolute atomic E-state index is 11.2. The second-order valence-electron chi connectivity index (χ2n) is 6.03. The van der Waals surface area contributed by atoms with E-state index >= 15 is 0 Å². The third-order valence-electron chi connectivity index (χ3n) is 4.53. The Balaban J connectivity index is 0.00000176. The van der Waals surface area contributed by atoms with Gasteiger partial charge in [-0.2, -0.15) is 0 Å². The van der Waals surface area contributed by atoms with Crippen LogP contribution >= 0.6 is 12.4 Å². The average Bonchev–Trinajstić information content (AvgIpc) is 2.97. The second kappa shape index (κ2) is 7.92. The molecule has 0 bridgehead atoms. The molecule has 1 aromatic carbocycles. The lowest BCUT2D eigenvalue weighted by molar-refractivity contribution is 0.1000. The van der Waals surface area contributed by atoms with Crippen molar-refractivity contribution in [2.75, 3.05) is 39.3 Å². The molecule has 1 aromatic rings. The van der Waals surface area contributed by atoms with E-state index in [0.29, 0.717) is 11.6 Å². The van der Waals surface area contributed by atoms with Crippen molar-refractivity contribution < 1.29 is 4.79 Å². The van der Waals surface area contributed by atoms with Gasteiger partial charge in [0.15, 0.2) is 0 Å². The van der Waals surface area contributed by atoms with Gasteiger partial charge in [0.25, 0.3) is 0 Å². The van der Waals surface area contributed by atoms with Crippen molar-refractivity contribution in [2.24, 2.45) is 5.73 Å². The summed E-state index contributed by atoms with van der Waals surface area (Å²) >= 11 is 0. The molecule has 0 aliphatic carbocycles. The highest BCUT2D eigenvalue weighted by Crippen LogP contribution is 2.19. The van der Waals surface area contributed by atoms with E-state index in [1.54, 1.807) is 6.07 Å². The second-order valence-corrected chi connectivity index (χ2v) is 6.03. The molecular weight excluding hydrogens is 300 g/mol. The fraction of sp³-hybridized carbons (Fsp3) is 0.562. The van der Waals surface area contributed by atoms with E-state index in [9.17, 15) is 4.79 Å². The smallest absolute Gasteiger partial charge is 0.248 e. The number of nitrogens with zero attached hydrogens (tertiary/aromatic N) is 2. The van der Waals surface area contributed by atoms with Crippen molar-refractivity contribution in [1.29, 1.82) is 0 Å². The Morgan fingerprint density at radius 3 is 2.77 bits per heavy atom. The third-order valence-corrected chi connectivity index (χ3v) is 4.53. The van der Waals surface area contributed by atoms with E-state index in [2.05, 4.69) is 21.2 Å². The lowest BCUT2D eigenvalue weighted by Gasteiger charge is -2.32. The van der Waals surface area contributed by atoms with Crippen LogP contribution in [-0.4, -0.2) is 61.0 Å². The van der Waals surface area contributed by atoms with Crippen LogP contribution in [0.25, 0.3) is 0 Å². The van der Waals surface area contributed by atoms with Gasteiger partial charge in [0.05, 0.1) is 0 Å². The highest BCUT2D eigenvalue weighted by atomic mass is 35.5. The van der Waals surface area contributed by atoms with Crippen LogP contribution < -0.4 is 11.1 Å². The van der Waals surface area contributed by atoms with Gasteiger partial charge in [0.1, 0.15) is 0 Å². The molecule has 2 fully saturated rings. The van der Waals surface area contributed by atoms with Gasteiger partial charge in [-0.25, -0.2) is 0 Å². The molecule has 3 rings (SSSR count). The van der Waals surface area contributed by atoms with E-state index in [4.69, 9.17) is 5.73 Å². The Hall–Kier alpha value is -1.14. The van der Waals surface area contributed by atoms with Crippen molar-refractivity contribution in [1.82, 2.24) is 15.1 Å². The van der Waals surface area contributed by atoms with Crippen LogP contribution in [0.5, 0.6) is 0 Å². The Labute approximate surface area is 138 Å². The topological polar surface area (TPSA) is 61.6 Å². The van der Waals surface area contributed by atoms with Gasteiger partial charge in [-0.1, -0.05) is 12.1 Å². The molecule has 0 saturated carbocycles. The number of hydrogen-bond donors (Lipinski definition) is 2. The minimum absolute atomic E-state index is 0. The van der Waals surface area contributed by atoms with Gasteiger partial charge in [-0.05, 0) is 24.1 Å².